The van der Waals surface area contributed by atoms with Crippen molar-refractivity contribution in [3.8, 4) is 0 Å². The maximum absolute atomic E-state index is 9.16. The van der Waals surface area contributed by atoms with E-state index in [9.17, 15) is 0 Å². The van der Waals surface area contributed by atoms with Crippen LogP contribution in [0.3, 0.4) is 0 Å². The fourth-order valence-electron chi connectivity index (χ4n) is 2.33. The molecule has 0 saturated carbocycles. The Hall–Kier alpha value is -0.800. The molecule has 17 heavy (non-hydrogen) atoms. The number of halogens is 1. The Kier molecular flexibility index (Phi) is 4.24. The van der Waals surface area contributed by atoms with E-state index in [4.69, 9.17) is 16.7 Å². The van der Waals surface area contributed by atoms with Gasteiger partial charge >= 0.3 is 0 Å². The molecule has 1 aliphatic rings. The standard InChI is InChI=1S/C13H19ClN2O/c1-2-10-5-7-16(8-6-10)13-4-3-11(14)12(9-17)15-13/h3-4,10,17H,2,5-9H2,1H3. The summed E-state index contributed by atoms with van der Waals surface area (Å²) >= 11 is 5.94. The Morgan fingerprint density at radius 1 is 1.41 bits per heavy atom. The van der Waals surface area contributed by atoms with E-state index in [1.807, 2.05) is 12.1 Å². The summed E-state index contributed by atoms with van der Waals surface area (Å²) in [5.41, 5.74) is 0.571. The lowest BCUT2D eigenvalue weighted by Crippen LogP contribution is -2.34. The van der Waals surface area contributed by atoms with E-state index >= 15 is 0 Å². The van der Waals surface area contributed by atoms with E-state index in [2.05, 4.69) is 16.8 Å². The van der Waals surface area contributed by atoms with Crippen LogP contribution in [0.5, 0.6) is 0 Å². The minimum absolute atomic E-state index is 0.0991. The molecule has 0 aromatic carbocycles. The first-order chi connectivity index (χ1) is 8.24. The van der Waals surface area contributed by atoms with Gasteiger partial charge in [-0.15, -0.1) is 0 Å². The van der Waals surface area contributed by atoms with Crippen molar-refractivity contribution in [1.29, 1.82) is 0 Å². The molecule has 1 aliphatic heterocycles. The second-order valence-electron chi connectivity index (χ2n) is 4.59. The van der Waals surface area contributed by atoms with Gasteiger partial charge < -0.3 is 10.0 Å². The lowest BCUT2D eigenvalue weighted by atomic mass is 9.94. The highest BCUT2D eigenvalue weighted by molar-refractivity contribution is 6.31. The lowest BCUT2D eigenvalue weighted by Gasteiger charge is -2.32. The van der Waals surface area contributed by atoms with Crippen LogP contribution < -0.4 is 4.90 Å². The zero-order valence-corrected chi connectivity index (χ0v) is 11.0. The minimum atomic E-state index is -0.0991. The van der Waals surface area contributed by atoms with Crippen molar-refractivity contribution in [3.63, 3.8) is 0 Å². The molecule has 1 saturated heterocycles. The van der Waals surface area contributed by atoms with Crippen LogP contribution in [0.15, 0.2) is 12.1 Å². The average molecular weight is 255 g/mol. The van der Waals surface area contributed by atoms with Gasteiger partial charge in [0.1, 0.15) is 5.82 Å². The van der Waals surface area contributed by atoms with Crippen molar-refractivity contribution in [2.24, 2.45) is 5.92 Å². The van der Waals surface area contributed by atoms with Crippen molar-refractivity contribution in [3.05, 3.63) is 22.8 Å². The summed E-state index contributed by atoms with van der Waals surface area (Å²) in [7, 11) is 0. The minimum Gasteiger partial charge on any atom is -0.390 e. The number of aliphatic hydroxyl groups excluding tert-OH is 1. The van der Waals surface area contributed by atoms with Gasteiger partial charge in [-0.2, -0.15) is 0 Å². The normalized spacial score (nSPS) is 17.5. The number of hydrogen-bond donors (Lipinski definition) is 1. The molecule has 3 nitrogen and oxygen atoms in total. The molecular formula is C13H19ClN2O. The van der Waals surface area contributed by atoms with Crippen molar-refractivity contribution in [2.75, 3.05) is 18.0 Å². The first-order valence-electron chi connectivity index (χ1n) is 6.25. The number of aromatic nitrogens is 1. The molecule has 1 aromatic heterocycles. The molecule has 94 valence electrons. The predicted octanol–water partition coefficient (Wildman–Crippen LogP) is 2.85. The highest BCUT2D eigenvalue weighted by atomic mass is 35.5. The van der Waals surface area contributed by atoms with E-state index in [0.717, 1.165) is 24.8 Å². The van der Waals surface area contributed by atoms with Crippen LogP contribution in [-0.2, 0) is 6.61 Å². The van der Waals surface area contributed by atoms with Gasteiger partial charge in [-0.25, -0.2) is 4.98 Å². The number of pyridine rings is 1. The molecule has 0 bridgehead atoms. The number of aliphatic hydroxyl groups is 1. The third kappa shape index (κ3) is 2.90. The van der Waals surface area contributed by atoms with Crippen LogP contribution >= 0.6 is 11.6 Å². The largest absolute Gasteiger partial charge is 0.390 e. The van der Waals surface area contributed by atoms with E-state index in [-0.39, 0.29) is 6.61 Å². The molecular weight excluding hydrogens is 236 g/mol. The van der Waals surface area contributed by atoms with Crippen molar-refractivity contribution in [2.45, 2.75) is 32.8 Å². The van der Waals surface area contributed by atoms with E-state index in [0.29, 0.717) is 10.7 Å². The van der Waals surface area contributed by atoms with E-state index < -0.39 is 0 Å². The number of anilines is 1. The van der Waals surface area contributed by atoms with Crippen LogP contribution in [0, 0.1) is 5.92 Å². The van der Waals surface area contributed by atoms with E-state index in [1.165, 1.54) is 19.3 Å². The zero-order chi connectivity index (χ0) is 12.3. The molecule has 0 unspecified atom stereocenters. The van der Waals surface area contributed by atoms with Crippen molar-refractivity contribution >= 4 is 17.4 Å². The smallest absolute Gasteiger partial charge is 0.129 e. The van der Waals surface area contributed by atoms with Gasteiger partial charge in [0.05, 0.1) is 17.3 Å². The molecule has 0 aliphatic carbocycles. The summed E-state index contributed by atoms with van der Waals surface area (Å²) < 4.78 is 0. The van der Waals surface area contributed by atoms with Crippen molar-refractivity contribution < 1.29 is 5.11 Å². The number of piperidine rings is 1. The maximum Gasteiger partial charge on any atom is 0.129 e. The van der Waals surface area contributed by atoms with Gasteiger partial charge in [-0.05, 0) is 30.9 Å². The topological polar surface area (TPSA) is 36.4 Å². The molecule has 0 atom stereocenters. The highest BCUT2D eigenvalue weighted by Gasteiger charge is 2.19. The Morgan fingerprint density at radius 2 is 2.12 bits per heavy atom. The monoisotopic (exact) mass is 254 g/mol. The second kappa shape index (κ2) is 5.69. The fourth-order valence-corrected chi connectivity index (χ4v) is 2.50. The van der Waals surface area contributed by atoms with Crippen molar-refractivity contribution in [1.82, 2.24) is 4.98 Å². The molecule has 1 N–H and O–H groups in total. The molecule has 0 radical (unpaired) electrons. The number of hydrogen-bond acceptors (Lipinski definition) is 3. The highest BCUT2D eigenvalue weighted by Crippen LogP contribution is 2.25. The zero-order valence-electron chi connectivity index (χ0n) is 10.2. The summed E-state index contributed by atoms with van der Waals surface area (Å²) in [6, 6.07) is 3.76. The van der Waals surface area contributed by atoms with Crippen LogP contribution in [0.25, 0.3) is 0 Å². The SMILES string of the molecule is CCC1CCN(c2ccc(Cl)c(CO)n2)CC1. The molecule has 2 rings (SSSR count). The van der Waals surface area contributed by atoms with Gasteiger partial charge in [0, 0.05) is 13.1 Å². The molecule has 1 aromatic rings. The molecule has 4 heteroatoms. The Morgan fingerprint density at radius 3 is 2.71 bits per heavy atom. The quantitative estimate of drug-likeness (QED) is 0.901. The summed E-state index contributed by atoms with van der Waals surface area (Å²) in [5.74, 6) is 1.80. The first kappa shape index (κ1) is 12.7. The van der Waals surface area contributed by atoms with Gasteiger partial charge in [0.15, 0.2) is 0 Å². The van der Waals surface area contributed by atoms with Gasteiger partial charge in [-0.3, -0.25) is 0 Å². The summed E-state index contributed by atoms with van der Waals surface area (Å²) in [6.45, 7) is 4.26. The summed E-state index contributed by atoms with van der Waals surface area (Å²) in [4.78, 5) is 6.69. The molecule has 1 fully saturated rings. The van der Waals surface area contributed by atoms with Crippen LogP contribution in [0.4, 0.5) is 5.82 Å². The van der Waals surface area contributed by atoms with Crippen LogP contribution in [0.1, 0.15) is 31.9 Å². The van der Waals surface area contributed by atoms with Crippen LogP contribution in [0.2, 0.25) is 5.02 Å². The lowest BCUT2D eigenvalue weighted by molar-refractivity contribution is 0.277. The molecule has 0 spiro atoms. The van der Waals surface area contributed by atoms with Crippen LogP contribution in [-0.4, -0.2) is 23.2 Å². The van der Waals surface area contributed by atoms with Gasteiger partial charge in [0.25, 0.3) is 0 Å². The number of rotatable bonds is 3. The predicted molar refractivity (Wildman–Crippen MR) is 70.4 cm³/mol. The fraction of sp³-hybridized carbons (Fsp3) is 0.615. The second-order valence-corrected chi connectivity index (χ2v) is 5.00. The number of nitrogens with zero attached hydrogens (tertiary/aromatic N) is 2. The summed E-state index contributed by atoms with van der Waals surface area (Å²) in [6.07, 6.45) is 3.73. The van der Waals surface area contributed by atoms with E-state index in [1.54, 1.807) is 0 Å². The Bertz CT molecular complexity index is 376. The molecule has 2 heterocycles. The molecule has 0 amide bonds. The first-order valence-corrected chi connectivity index (χ1v) is 6.63. The third-order valence-electron chi connectivity index (χ3n) is 3.57. The third-order valence-corrected chi connectivity index (χ3v) is 3.91. The van der Waals surface area contributed by atoms with Gasteiger partial charge in [-0.1, -0.05) is 24.9 Å². The maximum atomic E-state index is 9.16. The van der Waals surface area contributed by atoms with Gasteiger partial charge in [0.2, 0.25) is 0 Å². The summed E-state index contributed by atoms with van der Waals surface area (Å²) in [5, 5.41) is 9.70. The average Bonchev–Trinajstić information content (AvgIpc) is 2.39. The Balaban J connectivity index is 2.08. The Labute approximate surface area is 107 Å².